The van der Waals surface area contributed by atoms with Crippen molar-refractivity contribution in [2.45, 2.75) is 6.54 Å². The minimum Gasteiger partial charge on any atom is -0.507 e. The molecular weight excluding hydrogens is 317 g/mol. The van der Waals surface area contributed by atoms with Gasteiger partial charge in [0.1, 0.15) is 22.9 Å². The number of carbonyl (C=O) groups is 2. The smallest absolute Gasteiger partial charge is 0.342 e. The van der Waals surface area contributed by atoms with Crippen LogP contribution < -0.4 is 10.1 Å². The third-order valence-electron chi connectivity index (χ3n) is 3.16. The van der Waals surface area contributed by atoms with Gasteiger partial charge < -0.3 is 19.9 Å². The molecule has 1 amide bonds. The molecule has 0 atom stereocenters. The third-order valence-corrected chi connectivity index (χ3v) is 3.16. The number of phenolic OH excluding ortho intramolecular Hbond substituents is 1. The zero-order valence-electron chi connectivity index (χ0n) is 12.9. The van der Waals surface area contributed by atoms with E-state index in [0.717, 1.165) is 0 Å². The number of esters is 1. The predicted octanol–water partition coefficient (Wildman–Crippen LogP) is 2.01. The molecule has 0 saturated carbocycles. The SMILES string of the molecule is COc1ccc(C(=O)OCC(=O)NCc2ccc(F)cc2)c(O)c1. The van der Waals surface area contributed by atoms with Gasteiger partial charge in [-0.15, -0.1) is 0 Å². The summed E-state index contributed by atoms with van der Waals surface area (Å²) in [7, 11) is 1.43. The highest BCUT2D eigenvalue weighted by molar-refractivity contribution is 5.94. The van der Waals surface area contributed by atoms with Gasteiger partial charge in [-0.2, -0.15) is 0 Å². The van der Waals surface area contributed by atoms with E-state index >= 15 is 0 Å². The largest absolute Gasteiger partial charge is 0.507 e. The van der Waals surface area contributed by atoms with Gasteiger partial charge in [-0.05, 0) is 29.8 Å². The van der Waals surface area contributed by atoms with Gasteiger partial charge in [0.15, 0.2) is 6.61 Å². The van der Waals surface area contributed by atoms with E-state index in [1.165, 1.54) is 49.6 Å². The van der Waals surface area contributed by atoms with Crippen LogP contribution in [-0.4, -0.2) is 30.7 Å². The minimum absolute atomic E-state index is 0.0675. The number of rotatable bonds is 6. The van der Waals surface area contributed by atoms with Gasteiger partial charge in [-0.25, -0.2) is 9.18 Å². The van der Waals surface area contributed by atoms with Crippen LogP contribution in [0.1, 0.15) is 15.9 Å². The number of methoxy groups -OCH3 is 1. The lowest BCUT2D eigenvalue weighted by molar-refractivity contribution is -0.124. The van der Waals surface area contributed by atoms with Gasteiger partial charge in [-0.1, -0.05) is 12.1 Å². The molecule has 6 nitrogen and oxygen atoms in total. The average Bonchev–Trinajstić information content (AvgIpc) is 2.59. The molecular formula is C17H16FNO5. The van der Waals surface area contributed by atoms with E-state index in [9.17, 15) is 19.1 Å². The second-order valence-electron chi connectivity index (χ2n) is 4.86. The summed E-state index contributed by atoms with van der Waals surface area (Å²) >= 11 is 0. The Hall–Kier alpha value is -3.09. The summed E-state index contributed by atoms with van der Waals surface area (Å²) < 4.78 is 22.5. The van der Waals surface area contributed by atoms with Crippen LogP contribution in [-0.2, 0) is 16.1 Å². The topological polar surface area (TPSA) is 84.9 Å². The molecule has 0 heterocycles. The first kappa shape index (κ1) is 17.3. The third kappa shape index (κ3) is 4.70. The lowest BCUT2D eigenvalue weighted by atomic mass is 10.2. The number of carbonyl (C=O) groups excluding carboxylic acids is 2. The van der Waals surface area contributed by atoms with E-state index in [2.05, 4.69) is 5.32 Å². The maximum absolute atomic E-state index is 12.8. The Balaban J connectivity index is 1.82. The number of hydrogen-bond acceptors (Lipinski definition) is 5. The highest BCUT2D eigenvalue weighted by Crippen LogP contribution is 2.23. The second kappa shape index (κ2) is 7.96. The Kier molecular flexibility index (Phi) is 5.73. The fraction of sp³-hybridized carbons (Fsp3) is 0.176. The van der Waals surface area contributed by atoms with Crippen LogP contribution in [0.2, 0.25) is 0 Å². The van der Waals surface area contributed by atoms with Crippen LogP contribution in [0.25, 0.3) is 0 Å². The van der Waals surface area contributed by atoms with E-state index in [1.54, 1.807) is 0 Å². The van der Waals surface area contributed by atoms with Crippen LogP contribution in [0, 0.1) is 5.82 Å². The zero-order valence-corrected chi connectivity index (χ0v) is 12.9. The molecule has 0 aliphatic carbocycles. The van der Waals surface area contributed by atoms with Crippen LogP contribution >= 0.6 is 0 Å². The Morgan fingerprint density at radius 3 is 2.50 bits per heavy atom. The maximum atomic E-state index is 12.8. The standard InChI is InChI=1S/C17H16FNO5/c1-23-13-6-7-14(15(20)8-13)17(22)24-10-16(21)19-9-11-2-4-12(18)5-3-11/h2-8,20H,9-10H2,1H3,(H,19,21). The summed E-state index contributed by atoms with van der Waals surface area (Å²) in [6, 6.07) is 9.75. The maximum Gasteiger partial charge on any atom is 0.342 e. The zero-order chi connectivity index (χ0) is 17.5. The summed E-state index contributed by atoms with van der Waals surface area (Å²) in [5, 5.41) is 12.3. The first-order chi connectivity index (χ1) is 11.5. The van der Waals surface area contributed by atoms with Gasteiger partial charge in [0.05, 0.1) is 7.11 Å². The number of halogens is 1. The lowest BCUT2D eigenvalue weighted by Crippen LogP contribution is -2.28. The first-order valence-electron chi connectivity index (χ1n) is 7.05. The molecule has 0 aromatic heterocycles. The van der Waals surface area contributed by atoms with Crippen LogP contribution in [0.3, 0.4) is 0 Å². The molecule has 0 saturated heterocycles. The number of amides is 1. The van der Waals surface area contributed by atoms with Gasteiger partial charge in [0, 0.05) is 12.6 Å². The molecule has 24 heavy (non-hydrogen) atoms. The molecule has 7 heteroatoms. The molecule has 2 N–H and O–H groups in total. The molecule has 0 unspecified atom stereocenters. The van der Waals surface area contributed by atoms with Crippen LogP contribution in [0.4, 0.5) is 4.39 Å². The van der Waals surface area contributed by atoms with Gasteiger partial charge in [0.25, 0.3) is 5.91 Å². The van der Waals surface area contributed by atoms with Crippen molar-refractivity contribution in [1.29, 1.82) is 0 Å². The highest BCUT2D eigenvalue weighted by Gasteiger charge is 2.15. The van der Waals surface area contributed by atoms with Gasteiger partial charge >= 0.3 is 5.97 Å². The summed E-state index contributed by atoms with van der Waals surface area (Å²) in [6.07, 6.45) is 0. The molecule has 0 aliphatic heterocycles. The minimum atomic E-state index is -0.827. The number of nitrogens with one attached hydrogen (secondary N) is 1. The number of ether oxygens (including phenoxy) is 2. The molecule has 0 aliphatic rings. The predicted molar refractivity (Wildman–Crippen MR) is 83.2 cm³/mol. The summed E-state index contributed by atoms with van der Waals surface area (Å²) in [6.45, 7) is -0.310. The number of benzene rings is 2. The number of aromatic hydroxyl groups is 1. The molecule has 126 valence electrons. The number of hydrogen-bond donors (Lipinski definition) is 2. The van der Waals surface area contributed by atoms with E-state index < -0.39 is 18.5 Å². The van der Waals surface area contributed by atoms with E-state index in [0.29, 0.717) is 11.3 Å². The summed E-state index contributed by atoms with van der Waals surface area (Å²) in [5.74, 6) is -1.61. The number of phenols is 1. The van der Waals surface area contributed by atoms with Crippen molar-refractivity contribution in [3.8, 4) is 11.5 Å². The molecule has 0 spiro atoms. The lowest BCUT2D eigenvalue weighted by Gasteiger charge is -2.08. The molecule has 2 aromatic rings. The Bertz CT molecular complexity index is 730. The second-order valence-corrected chi connectivity index (χ2v) is 4.86. The molecule has 2 rings (SSSR count). The van der Waals surface area contributed by atoms with Crippen LogP contribution in [0.5, 0.6) is 11.5 Å². The highest BCUT2D eigenvalue weighted by atomic mass is 19.1. The van der Waals surface area contributed by atoms with Crippen molar-refractivity contribution in [3.05, 3.63) is 59.4 Å². The van der Waals surface area contributed by atoms with Crippen molar-refractivity contribution in [3.63, 3.8) is 0 Å². The van der Waals surface area contributed by atoms with Crippen molar-refractivity contribution in [2.24, 2.45) is 0 Å². The monoisotopic (exact) mass is 333 g/mol. The quantitative estimate of drug-likeness (QED) is 0.790. The fourth-order valence-corrected chi connectivity index (χ4v) is 1.87. The first-order valence-corrected chi connectivity index (χ1v) is 7.05. The fourth-order valence-electron chi connectivity index (χ4n) is 1.87. The molecule has 0 radical (unpaired) electrons. The molecule has 0 bridgehead atoms. The van der Waals surface area contributed by atoms with E-state index in [4.69, 9.17) is 9.47 Å². The Morgan fingerprint density at radius 1 is 1.17 bits per heavy atom. The van der Waals surface area contributed by atoms with E-state index in [1.807, 2.05) is 0 Å². The van der Waals surface area contributed by atoms with E-state index in [-0.39, 0.29) is 23.7 Å². The summed E-state index contributed by atoms with van der Waals surface area (Å²) in [5.41, 5.74) is 0.644. The van der Waals surface area contributed by atoms with Crippen molar-refractivity contribution in [2.75, 3.05) is 13.7 Å². The summed E-state index contributed by atoms with van der Waals surface area (Å²) in [4.78, 5) is 23.5. The normalized spacial score (nSPS) is 10.1. The molecule has 0 fully saturated rings. The van der Waals surface area contributed by atoms with Crippen LogP contribution in [0.15, 0.2) is 42.5 Å². The Morgan fingerprint density at radius 2 is 1.88 bits per heavy atom. The van der Waals surface area contributed by atoms with Crippen molar-refractivity contribution < 1.29 is 28.6 Å². The van der Waals surface area contributed by atoms with Gasteiger partial charge in [-0.3, -0.25) is 4.79 Å². The van der Waals surface area contributed by atoms with Crippen molar-refractivity contribution >= 4 is 11.9 Å². The Labute approximate surface area is 137 Å². The molecule has 2 aromatic carbocycles. The average molecular weight is 333 g/mol. The van der Waals surface area contributed by atoms with Crippen molar-refractivity contribution in [1.82, 2.24) is 5.32 Å². The van der Waals surface area contributed by atoms with Gasteiger partial charge in [0.2, 0.25) is 0 Å².